The van der Waals surface area contributed by atoms with Crippen LogP contribution < -0.4 is 15.4 Å². The number of rotatable bonds is 8. The van der Waals surface area contributed by atoms with Crippen LogP contribution in [-0.2, 0) is 6.54 Å². The van der Waals surface area contributed by atoms with E-state index in [1.165, 1.54) is 0 Å². The van der Waals surface area contributed by atoms with Crippen molar-refractivity contribution in [2.45, 2.75) is 6.54 Å². The first kappa shape index (κ1) is 17.7. The van der Waals surface area contributed by atoms with Gasteiger partial charge >= 0.3 is 0 Å². The zero-order chi connectivity index (χ0) is 17.4. The number of nitrogens with zero attached hydrogens (tertiary/aromatic N) is 2. The number of nitrogens with one attached hydrogen (secondary N) is 2. The lowest BCUT2D eigenvalue weighted by Crippen LogP contribution is -2.31. The zero-order valence-corrected chi connectivity index (χ0v) is 14.4. The Morgan fingerprint density at radius 1 is 1.25 bits per heavy atom. The third kappa shape index (κ3) is 5.24. The number of pyridine rings is 1. The molecule has 6 nitrogen and oxygen atoms in total. The number of aromatic nitrogens is 1. The van der Waals surface area contributed by atoms with Gasteiger partial charge in [-0.3, -0.25) is 4.79 Å². The molecule has 24 heavy (non-hydrogen) atoms. The van der Waals surface area contributed by atoms with Crippen molar-refractivity contribution < 1.29 is 9.53 Å². The SMILES string of the molecule is COc1ccccc1CNc1cc(C(=O)NCCN(C)C)ccn1. The van der Waals surface area contributed by atoms with Crippen molar-refractivity contribution in [3.63, 3.8) is 0 Å². The van der Waals surface area contributed by atoms with Crippen molar-refractivity contribution in [2.24, 2.45) is 0 Å². The summed E-state index contributed by atoms with van der Waals surface area (Å²) in [6, 6.07) is 11.3. The van der Waals surface area contributed by atoms with Crippen LogP contribution in [0.25, 0.3) is 0 Å². The normalized spacial score (nSPS) is 10.5. The quantitative estimate of drug-likeness (QED) is 0.776. The summed E-state index contributed by atoms with van der Waals surface area (Å²) in [5.41, 5.74) is 1.62. The molecule has 0 saturated carbocycles. The fourth-order valence-electron chi connectivity index (χ4n) is 2.20. The van der Waals surface area contributed by atoms with Gasteiger partial charge in [0.2, 0.25) is 0 Å². The van der Waals surface area contributed by atoms with E-state index in [1.807, 2.05) is 43.3 Å². The Bertz CT molecular complexity index is 674. The molecule has 1 aromatic heterocycles. The van der Waals surface area contributed by atoms with Crippen LogP contribution in [0.15, 0.2) is 42.6 Å². The van der Waals surface area contributed by atoms with Gasteiger partial charge in [-0.2, -0.15) is 0 Å². The van der Waals surface area contributed by atoms with Crippen LogP contribution in [0.2, 0.25) is 0 Å². The minimum absolute atomic E-state index is 0.0976. The number of anilines is 1. The van der Waals surface area contributed by atoms with E-state index in [0.29, 0.717) is 24.5 Å². The van der Waals surface area contributed by atoms with Crippen LogP contribution in [0.1, 0.15) is 15.9 Å². The first-order valence-corrected chi connectivity index (χ1v) is 7.85. The van der Waals surface area contributed by atoms with E-state index in [2.05, 4.69) is 15.6 Å². The van der Waals surface area contributed by atoms with Crippen molar-refractivity contribution in [1.82, 2.24) is 15.2 Å². The number of benzene rings is 1. The second-order valence-electron chi connectivity index (χ2n) is 5.65. The highest BCUT2D eigenvalue weighted by atomic mass is 16.5. The molecule has 0 spiro atoms. The summed E-state index contributed by atoms with van der Waals surface area (Å²) in [4.78, 5) is 18.4. The molecule has 2 N–H and O–H groups in total. The second kappa shape index (κ2) is 8.88. The van der Waals surface area contributed by atoms with Gasteiger partial charge in [0.1, 0.15) is 11.6 Å². The first-order chi connectivity index (χ1) is 11.6. The summed E-state index contributed by atoms with van der Waals surface area (Å²) in [5.74, 6) is 1.38. The van der Waals surface area contributed by atoms with E-state index in [4.69, 9.17) is 4.74 Å². The lowest BCUT2D eigenvalue weighted by molar-refractivity contribution is 0.0951. The summed E-state index contributed by atoms with van der Waals surface area (Å²) in [7, 11) is 5.59. The molecule has 0 aliphatic carbocycles. The summed E-state index contributed by atoms with van der Waals surface area (Å²) in [6.07, 6.45) is 1.63. The largest absolute Gasteiger partial charge is 0.496 e. The van der Waals surface area contributed by atoms with E-state index in [-0.39, 0.29) is 5.91 Å². The topological polar surface area (TPSA) is 66.5 Å². The molecule has 0 bridgehead atoms. The van der Waals surface area contributed by atoms with Crippen molar-refractivity contribution in [3.8, 4) is 5.75 Å². The standard InChI is InChI=1S/C18H24N4O2/c1-22(2)11-10-20-18(23)14-8-9-19-17(12-14)21-13-15-6-4-5-7-16(15)24-3/h4-9,12H,10-11,13H2,1-3H3,(H,19,21)(H,20,23). The number of amides is 1. The molecular formula is C18H24N4O2. The zero-order valence-electron chi connectivity index (χ0n) is 14.4. The van der Waals surface area contributed by atoms with Crippen LogP contribution in [-0.4, -0.2) is 50.1 Å². The lowest BCUT2D eigenvalue weighted by Gasteiger charge is -2.12. The second-order valence-corrected chi connectivity index (χ2v) is 5.65. The minimum Gasteiger partial charge on any atom is -0.496 e. The Morgan fingerprint density at radius 3 is 2.79 bits per heavy atom. The van der Waals surface area contributed by atoms with Crippen LogP contribution in [0.5, 0.6) is 5.75 Å². The van der Waals surface area contributed by atoms with Gasteiger partial charge in [-0.25, -0.2) is 4.98 Å². The van der Waals surface area contributed by atoms with Gasteiger partial charge in [-0.1, -0.05) is 18.2 Å². The predicted molar refractivity (Wildman–Crippen MR) is 95.4 cm³/mol. The van der Waals surface area contributed by atoms with Crippen molar-refractivity contribution >= 4 is 11.7 Å². The number of carbonyl (C=O) groups is 1. The number of para-hydroxylation sites is 1. The average Bonchev–Trinajstić information content (AvgIpc) is 2.60. The van der Waals surface area contributed by atoms with Gasteiger partial charge in [-0.15, -0.1) is 0 Å². The Hall–Kier alpha value is -2.60. The molecule has 0 aliphatic heterocycles. The van der Waals surface area contributed by atoms with Gasteiger partial charge in [0, 0.05) is 37.0 Å². The Kier molecular flexibility index (Phi) is 6.57. The van der Waals surface area contributed by atoms with Crippen LogP contribution >= 0.6 is 0 Å². The summed E-state index contributed by atoms with van der Waals surface area (Å²) < 4.78 is 5.33. The molecule has 0 aliphatic rings. The highest BCUT2D eigenvalue weighted by Crippen LogP contribution is 2.18. The fourth-order valence-corrected chi connectivity index (χ4v) is 2.20. The lowest BCUT2D eigenvalue weighted by atomic mass is 10.2. The summed E-state index contributed by atoms with van der Waals surface area (Å²) in [5, 5.41) is 6.12. The smallest absolute Gasteiger partial charge is 0.251 e. The van der Waals surface area contributed by atoms with Gasteiger partial charge in [0.05, 0.1) is 7.11 Å². The monoisotopic (exact) mass is 328 g/mol. The highest BCUT2D eigenvalue weighted by Gasteiger charge is 2.07. The molecule has 1 amide bonds. The minimum atomic E-state index is -0.0976. The number of methoxy groups -OCH3 is 1. The van der Waals surface area contributed by atoms with Gasteiger partial charge < -0.3 is 20.3 Å². The van der Waals surface area contributed by atoms with Gasteiger partial charge in [0.15, 0.2) is 0 Å². The van der Waals surface area contributed by atoms with E-state index in [0.717, 1.165) is 17.9 Å². The maximum atomic E-state index is 12.1. The van der Waals surface area contributed by atoms with Crippen LogP contribution in [0.3, 0.4) is 0 Å². The van der Waals surface area contributed by atoms with Gasteiger partial charge in [-0.05, 0) is 32.3 Å². The molecule has 2 aromatic rings. The van der Waals surface area contributed by atoms with E-state index < -0.39 is 0 Å². The molecule has 1 heterocycles. The number of ether oxygens (including phenoxy) is 1. The van der Waals surface area contributed by atoms with E-state index in [1.54, 1.807) is 25.4 Å². The summed E-state index contributed by atoms with van der Waals surface area (Å²) >= 11 is 0. The molecule has 0 fully saturated rings. The Balaban J connectivity index is 1.96. The van der Waals surface area contributed by atoms with Crippen molar-refractivity contribution in [3.05, 3.63) is 53.7 Å². The third-order valence-corrected chi connectivity index (χ3v) is 3.52. The molecule has 0 radical (unpaired) electrons. The number of hydrogen-bond donors (Lipinski definition) is 2. The van der Waals surface area contributed by atoms with Crippen molar-refractivity contribution in [1.29, 1.82) is 0 Å². The molecule has 0 unspecified atom stereocenters. The number of hydrogen-bond acceptors (Lipinski definition) is 5. The predicted octanol–water partition coefficient (Wildman–Crippen LogP) is 1.99. The number of likely N-dealkylation sites (N-methyl/N-ethyl adjacent to an activating group) is 1. The molecular weight excluding hydrogens is 304 g/mol. The number of carbonyl (C=O) groups excluding carboxylic acids is 1. The van der Waals surface area contributed by atoms with E-state index in [9.17, 15) is 4.79 Å². The third-order valence-electron chi connectivity index (χ3n) is 3.52. The van der Waals surface area contributed by atoms with Crippen LogP contribution in [0.4, 0.5) is 5.82 Å². The molecule has 0 saturated heterocycles. The van der Waals surface area contributed by atoms with Crippen LogP contribution in [0, 0.1) is 0 Å². The van der Waals surface area contributed by atoms with Crippen molar-refractivity contribution in [2.75, 3.05) is 39.6 Å². The highest BCUT2D eigenvalue weighted by molar-refractivity contribution is 5.94. The Labute approximate surface area is 142 Å². The molecule has 128 valence electrons. The molecule has 0 atom stereocenters. The molecule has 6 heteroatoms. The molecule has 2 rings (SSSR count). The molecule has 1 aromatic carbocycles. The van der Waals surface area contributed by atoms with Gasteiger partial charge in [0.25, 0.3) is 5.91 Å². The van der Waals surface area contributed by atoms with E-state index >= 15 is 0 Å². The Morgan fingerprint density at radius 2 is 2.04 bits per heavy atom. The maximum absolute atomic E-state index is 12.1. The first-order valence-electron chi connectivity index (χ1n) is 7.85. The summed E-state index contributed by atoms with van der Waals surface area (Å²) in [6.45, 7) is 1.98. The maximum Gasteiger partial charge on any atom is 0.251 e. The average molecular weight is 328 g/mol. The fraction of sp³-hybridized carbons (Fsp3) is 0.333.